The van der Waals surface area contributed by atoms with Crippen molar-refractivity contribution in [3.8, 4) is 6.07 Å². The summed E-state index contributed by atoms with van der Waals surface area (Å²) in [7, 11) is 0. The van der Waals surface area contributed by atoms with Gasteiger partial charge in [-0.1, -0.05) is 37.3 Å². The Kier molecular flexibility index (Phi) is 4.89. The lowest BCUT2D eigenvalue weighted by molar-refractivity contribution is 0.183. The normalized spacial score (nSPS) is 21.3. The van der Waals surface area contributed by atoms with E-state index in [0.717, 1.165) is 34.9 Å². The Morgan fingerprint density at radius 1 is 1.47 bits per heavy atom. The van der Waals surface area contributed by atoms with Gasteiger partial charge in [-0.3, -0.25) is 0 Å². The van der Waals surface area contributed by atoms with Crippen LogP contribution < -0.4 is 0 Å². The van der Waals surface area contributed by atoms with Crippen LogP contribution in [0.5, 0.6) is 0 Å². The van der Waals surface area contributed by atoms with Crippen LogP contribution in [0.25, 0.3) is 5.57 Å². The van der Waals surface area contributed by atoms with Gasteiger partial charge >= 0.3 is 0 Å². The molecule has 0 aliphatic carbocycles. The fourth-order valence-corrected chi connectivity index (χ4v) is 3.60. The van der Waals surface area contributed by atoms with Gasteiger partial charge in [0.2, 0.25) is 0 Å². The molecule has 1 N–H and O–H groups in total. The number of aliphatic hydroxyl groups excluding tert-OH is 1. The first-order valence-corrected chi connectivity index (χ1v) is 7.50. The lowest BCUT2D eigenvalue weighted by atomic mass is 10.1. The maximum Gasteiger partial charge on any atom is 0.103 e. The fourth-order valence-electron chi connectivity index (χ4n) is 2.25. The van der Waals surface area contributed by atoms with Crippen molar-refractivity contribution in [2.24, 2.45) is 0 Å². The molecule has 0 aromatic heterocycles. The summed E-state index contributed by atoms with van der Waals surface area (Å²) in [5, 5.41) is 19.9. The molecule has 1 fully saturated rings. The Bertz CT molecular complexity index is 493. The number of thioether (sulfide) groups is 1. The predicted octanol–water partition coefficient (Wildman–Crippen LogP) is 2.70. The molecule has 19 heavy (non-hydrogen) atoms. The van der Waals surface area contributed by atoms with Gasteiger partial charge in [-0.05, 0) is 12.0 Å². The van der Waals surface area contributed by atoms with E-state index in [4.69, 9.17) is 0 Å². The second-order valence-electron chi connectivity index (χ2n) is 4.50. The van der Waals surface area contributed by atoms with Crippen LogP contribution in [-0.4, -0.2) is 35.0 Å². The number of allylic oxidation sites excluding steroid dienone is 1. The average molecular weight is 274 g/mol. The van der Waals surface area contributed by atoms with Gasteiger partial charge in [-0.25, -0.2) is 0 Å². The summed E-state index contributed by atoms with van der Waals surface area (Å²) < 4.78 is 0. The number of rotatable bonds is 4. The van der Waals surface area contributed by atoms with E-state index in [1.807, 2.05) is 30.3 Å². The summed E-state index contributed by atoms with van der Waals surface area (Å²) >= 11 is 1.67. The Balaban J connectivity index is 2.40. The molecule has 1 aliphatic rings. The minimum atomic E-state index is 0.131. The van der Waals surface area contributed by atoms with Crippen molar-refractivity contribution in [3.63, 3.8) is 0 Å². The summed E-state index contributed by atoms with van der Waals surface area (Å²) in [6.45, 7) is 3.14. The summed E-state index contributed by atoms with van der Waals surface area (Å²) in [6, 6.07) is 12.2. The molecular weight excluding hydrogens is 256 g/mol. The molecule has 0 bridgehead atoms. The van der Waals surface area contributed by atoms with Gasteiger partial charge in [0.1, 0.15) is 6.07 Å². The molecule has 1 aromatic carbocycles. The highest BCUT2D eigenvalue weighted by molar-refractivity contribution is 8.03. The molecule has 100 valence electrons. The maximum atomic E-state index is 9.47. The van der Waals surface area contributed by atoms with Crippen LogP contribution >= 0.6 is 11.8 Å². The highest BCUT2D eigenvalue weighted by Crippen LogP contribution is 2.37. The van der Waals surface area contributed by atoms with Crippen LogP contribution in [0.3, 0.4) is 0 Å². The number of nitrogens with zero attached hydrogens (tertiary/aromatic N) is 2. The number of aliphatic hydroxyl groups is 1. The second-order valence-corrected chi connectivity index (χ2v) is 5.51. The zero-order chi connectivity index (χ0) is 13.7. The Hall–Kier alpha value is -1.44. The molecule has 0 saturated carbocycles. The lowest BCUT2D eigenvalue weighted by Gasteiger charge is -2.25. The van der Waals surface area contributed by atoms with Crippen molar-refractivity contribution in [2.45, 2.75) is 19.4 Å². The van der Waals surface area contributed by atoms with Crippen molar-refractivity contribution in [1.82, 2.24) is 4.90 Å². The molecule has 1 atom stereocenters. The Labute approximate surface area is 118 Å². The predicted molar refractivity (Wildman–Crippen MR) is 79.3 cm³/mol. The van der Waals surface area contributed by atoms with Gasteiger partial charge in [0.05, 0.1) is 23.3 Å². The van der Waals surface area contributed by atoms with E-state index in [0.29, 0.717) is 0 Å². The first-order chi connectivity index (χ1) is 9.31. The Morgan fingerprint density at radius 3 is 2.79 bits per heavy atom. The fraction of sp³-hybridized carbons (Fsp3) is 0.400. The molecule has 1 heterocycles. The summed E-state index contributed by atoms with van der Waals surface area (Å²) in [6.07, 6.45) is 1.01. The van der Waals surface area contributed by atoms with Crippen molar-refractivity contribution in [3.05, 3.63) is 40.9 Å². The monoisotopic (exact) mass is 274 g/mol. The maximum absolute atomic E-state index is 9.47. The molecule has 1 unspecified atom stereocenters. The zero-order valence-electron chi connectivity index (χ0n) is 11.0. The zero-order valence-corrected chi connectivity index (χ0v) is 11.9. The van der Waals surface area contributed by atoms with Crippen LogP contribution in [0.15, 0.2) is 35.4 Å². The molecule has 0 spiro atoms. The quantitative estimate of drug-likeness (QED) is 0.858. The first-order valence-electron chi connectivity index (χ1n) is 6.51. The van der Waals surface area contributed by atoms with E-state index >= 15 is 0 Å². The van der Waals surface area contributed by atoms with E-state index in [1.165, 1.54) is 0 Å². The molecule has 3 nitrogen and oxygen atoms in total. The SMILES string of the molecule is CCCN1/C(=C(\C#N)c2ccccc2)SCC1CO. The minimum absolute atomic E-state index is 0.131. The highest BCUT2D eigenvalue weighted by atomic mass is 32.2. The lowest BCUT2D eigenvalue weighted by Crippen LogP contribution is -2.33. The smallest absolute Gasteiger partial charge is 0.103 e. The van der Waals surface area contributed by atoms with Crippen LogP contribution in [0.4, 0.5) is 0 Å². The van der Waals surface area contributed by atoms with Gasteiger partial charge in [0.25, 0.3) is 0 Å². The van der Waals surface area contributed by atoms with Crippen LogP contribution in [0.2, 0.25) is 0 Å². The van der Waals surface area contributed by atoms with E-state index in [-0.39, 0.29) is 12.6 Å². The minimum Gasteiger partial charge on any atom is -0.394 e. The summed E-state index contributed by atoms with van der Waals surface area (Å²) in [4.78, 5) is 2.18. The van der Waals surface area contributed by atoms with Gasteiger partial charge < -0.3 is 10.0 Å². The van der Waals surface area contributed by atoms with Crippen LogP contribution in [0.1, 0.15) is 18.9 Å². The molecule has 1 aliphatic heterocycles. The van der Waals surface area contributed by atoms with Gasteiger partial charge in [0.15, 0.2) is 0 Å². The van der Waals surface area contributed by atoms with E-state index in [2.05, 4.69) is 17.9 Å². The first kappa shape index (κ1) is 14.0. The van der Waals surface area contributed by atoms with Gasteiger partial charge in [0, 0.05) is 12.3 Å². The van der Waals surface area contributed by atoms with Gasteiger partial charge in [-0.2, -0.15) is 5.26 Å². The van der Waals surface area contributed by atoms with E-state index in [9.17, 15) is 10.4 Å². The molecule has 4 heteroatoms. The average Bonchev–Trinajstić information content (AvgIpc) is 2.85. The van der Waals surface area contributed by atoms with Gasteiger partial charge in [-0.15, -0.1) is 11.8 Å². The molecule has 0 radical (unpaired) electrons. The number of nitriles is 1. The molecule has 1 saturated heterocycles. The van der Waals surface area contributed by atoms with Crippen molar-refractivity contribution in [2.75, 3.05) is 18.9 Å². The number of hydrogen-bond acceptors (Lipinski definition) is 4. The van der Waals surface area contributed by atoms with Crippen LogP contribution in [0, 0.1) is 11.3 Å². The third-order valence-corrected chi connectivity index (χ3v) is 4.44. The van der Waals surface area contributed by atoms with Crippen LogP contribution in [-0.2, 0) is 0 Å². The largest absolute Gasteiger partial charge is 0.394 e. The summed E-state index contributed by atoms with van der Waals surface area (Å²) in [5.74, 6) is 0.851. The Morgan fingerprint density at radius 2 is 2.21 bits per heavy atom. The molecule has 0 amide bonds. The topological polar surface area (TPSA) is 47.3 Å². The third-order valence-electron chi connectivity index (χ3n) is 3.18. The second kappa shape index (κ2) is 6.65. The molecular formula is C15H18N2OS. The van der Waals surface area contributed by atoms with Crippen molar-refractivity contribution < 1.29 is 5.11 Å². The summed E-state index contributed by atoms with van der Waals surface area (Å²) in [5.41, 5.74) is 1.67. The number of benzene rings is 1. The molecule has 2 rings (SSSR count). The van der Waals surface area contributed by atoms with E-state index in [1.54, 1.807) is 11.8 Å². The third kappa shape index (κ3) is 2.94. The van der Waals surface area contributed by atoms with Crippen molar-refractivity contribution >= 4 is 17.3 Å². The highest BCUT2D eigenvalue weighted by Gasteiger charge is 2.30. The molecule has 1 aromatic rings. The van der Waals surface area contributed by atoms with Crippen molar-refractivity contribution in [1.29, 1.82) is 5.26 Å². The standard InChI is InChI=1S/C15H18N2OS/c1-2-8-17-13(10-18)11-19-15(17)14(9-16)12-6-4-3-5-7-12/h3-7,13,18H,2,8,10-11H2,1H3/b15-14-. The number of hydrogen-bond donors (Lipinski definition) is 1. The van der Waals surface area contributed by atoms with E-state index < -0.39 is 0 Å².